The van der Waals surface area contributed by atoms with Crippen molar-refractivity contribution >= 4 is 11.8 Å². The maximum Gasteiger partial charge on any atom is 0.246 e. The Bertz CT molecular complexity index is 472. The lowest BCUT2D eigenvalue weighted by molar-refractivity contribution is -0.152. The first-order chi connectivity index (χ1) is 9.08. The van der Waals surface area contributed by atoms with Crippen molar-refractivity contribution in [3.05, 3.63) is 35.9 Å². The van der Waals surface area contributed by atoms with Crippen LogP contribution in [0.1, 0.15) is 25.8 Å². The number of piperazine rings is 1. The Labute approximate surface area is 113 Å². The first-order valence-corrected chi connectivity index (χ1v) is 6.70. The highest BCUT2D eigenvalue weighted by molar-refractivity contribution is 5.97. The van der Waals surface area contributed by atoms with Crippen LogP contribution in [0, 0.1) is 0 Å². The molecule has 1 aliphatic rings. The molecule has 1 atom stereocenters. The van der Waals surface area contributed by atoms with E-state index < -0.39 is 5.54 Å². The van der Waals surface area contributed by atoms with E-state index in [0.29, 0.717) is 13.0 Å². The SMILES string of the molecule is CCC1(C)C(=O)NCC(=O)N1CCc1ccccc1. The van der Waals surface area contributed by atoms with Crippen molar-refractivity contribution in [1.29, 1.82) is 0 Å². The first-order valence-electron chi connectivity index (χ1n) is 6.70. The summed E-state index contributed by atoms with van der Waals surface area (Å²) in [5.41, 5.74) is 0.462. The molecule has 0 aliphatic carbocycles. The van der Waals surface area contributed by atoms with Crippen LogP contribution in [0.25, 0.3) is 0 Å². The molecule has 2 rings (SSSR count). The van der Waals surface area contributed by atoms with Crippen LogP contribution in [-0.2, 0) is 16.0 Å². The fraction of sp³-hybridized carbons (Fsp3) is 0.467. The first kappa shape index (κ1) is 13.6. The minimum Gasteiger partial charge on any atom is -0.345 e. The van der Waals surface area contributed by atoms with Gasteiger partial charge in [-0.3, -0.25) is 9.59 Å². The third-order valence-corrected chi connectivity index (χ3v) is 3.94. The van der Waals surface area contributed by atoms with Gasteiger partial charge in [-0.05, 0) is 25.3 Å². The molecular weight excluding hydrogens is 240 g/mol. The van der Waals surface area contributed by atoms with Crippen molar-refractivity contribution in [3.63, 3.8) is 0 Å². The van der Waals surface area contributed by atoms with Crippen molar-refractivity contribution in [2.24, 2.45) is 0 Å². The van der Waals surface area contributed by atoms with E-state index in [1.54, 1.807) is 4.90 Å². The number of hydrogen-bond donors (Lipinski definition) is 1. The van der Waals surface area contributed by atoms with Gasteiger partial charge in [-0.1, -0.05) is 37.3 Å². The average molecular weight is 260 g/mol. The lowest BCUT2D eigenvalue weighted by atomic mass is 9.92. The minimum atomic E-state index is -0.718. The summed E-state index contributed by atoms with van der Waals surface area (Å²) in [6, 6.07) is 10.0. The molecule has 4 nitrogen and oxygen atoms in total. The van der Waals surface area contributed by atoms with E-state index in [1.807, 2.05) is 44.2 Å². The smallest absolute Gasteiger partial charge is 0.246 e. The number of benzene rings is 1. The van der Waals surface area contributed by atoms with E-state index in [9.17, 15) is 9.59 Å². The summed E-state index contributed by atoms with van der Waals surface area (Å²) in [4.78, 5) is 25.8. The Morgan fingerprint density at radius 2 is 1.95 bits per heavy atom. The lowest BCUT2D eigenvalue weighted by Crippen LogP contribution is -2.65. The largest absolute Gasteiger partial charge is 0.345 e. The van der Waals surface area contributed by atoms with Gasteiger partial charge in [0.15, 0.2) is 0 Å². The number of nitrogens with one attached hydrogen (secondary N) is 1. The van der Waals surface area contributed by atoms with Gasteiger partial charge in [0.05, 0.1) is 6.54 Å². The molecule has 0 bridgehead atoms. The van der Waals surface area contributed by atoms with Gasteiger partial charge >= 0.3 is 0 Å². The zero-order valence-corrected chi connectivity index (χ0v) is 11.5. The number of amides is 2. The van der Waals surface area contributed by atoms with Gasteiger partial charge in [-0.25, -0.2) is 0 Å². The molecule has 1 aromatic carbocycles. The topological polar surface area (TPSA) is 49.4 Å². The Kier molecular flexibility index (Phi) is 3.88. The Morgan fingerprint density at radius 3 is 2.58 bits per heavy atom. The summed E-state index contributed by atoms with van der Waals surface area (Å²) in [5.74, 6) is -0.0532. The zero-order chi connectivity index (χ0) is 13.9. The molecule has 1 saturated heterocycles. The molecule has 0 saturated carbocycles. The zero-order valence-electron chi connectivity index (χ0n) is 11.5. The highest BCUT2D eigenvalue weighted by atomic mass is 16.2. The molecule has 1 heterocycles. The number of carbonyl (C=O) groups excluding carboxylic acids is 2. The van der Waals surface area contributed by atoms with E-state index in [0.717, 1.165) is 6.42 Å². The summed E-state index contributed by atoms with van der Waals surface area (Å²) in [6.45, 7) is 4.47. The van der Waals surface area contributed by atoms with Crippen molar-refractivity contribution in [2.45, 2.75) is 32.2 Å². The van der Waals surface area contributed by atoms with Gasteiger partial charge in [0.2, 0.25) is 11.8 Å². The van der Waals surface area contributed by atoms with Crippen LogP contribution in [0.4, 0.5) is 0 Å². The number of carbonyl (C=O) groups is 2. The second kappa shape index (κ2) is 5.43. The van der Waals surface area contributed by atoms with E-state index in [-0.39, 0.29) is 18.4 Å². The molecule has 4 heteroatoms. The molecule has 0 spiro atoms. The van der Waals surface area contributed by atoms with E-state index >= 15 is 0 Å². The summed E-state index contributed by atoms with van der Waals surface area (Å²) in [7, 11) is 0. The maximum atomic E-state index is 12.0. The van der Waals surface area contributed by atoms with E-state index in [2.05, 4.69) is 5.32 Å². The normalized spacial score (nSPS) is 23.4. The summed E-state index contributed by atoms with van der Waals surface area (Å²) in [5, 5.41) is 2.67. The molecular formula is C15H20N2O2. The maximum absolute atomic E-state index is 12.0. The molecule has 1 N–H and O–H groups in total. The Morgan fingerprint density at radius 1 is 1.26 bits per heavy atom. The van der Waals surface area contributed by atoms with Crippen molar-refractivity contribution in [3.8, 4) is 0 Å². The number of hydrogen-bond acceptors (Lipinski definition) is 2. The molecule has 1 fully saturated rings. The van der Waals surface area contributed by atoms with Gasteiger partial charge in [0.1, 0.15) is 5.54 Å². The number of nitrogens with zero attached hydrogens (tertiary/aromatic N) is 1. The summed E-state index contributed by atoms with van der Waals surface area (Å²) < 4.78 is 0. The lowest BCUT2D eigenvalue weighted by Gasteiger charge is -2.43. The van der Waals surface area contributed by atoms with Gasteiger partial charge in [-0.15, -0.1) is 0 Å². The number of rotatable bonds is 4. The Balaban J connectivity index is 2.11. The molecule has 1 aromatic rings. The summed E-state index contributed by atoms with van der Waals surface area (Å²) >= 11 is 0. The van der Waals surface area contributed by atoms with Gasteiger partial charge in [-0.2, -0.15) is 0 Å². The minimum absolute atomic E-state index is 0.000110. The summed E-state index contributed by atoms with van der Waals surface area (Å²) in [6.07, 6.45) is 1.40. The quantitative estimate of drug-likeness (QED) is 0.888. The highest BCUT2D eigenvalue weighted by Gasteiger charge is 2.43. The van der Waals surface area contributed by atoms with Crippen LogP contribution < -0.4 is 5.32 Å². The predicted octanol–water partition coefficient (Wildman–Crippen LogP) is 1.36. The fourth-order valence-corrected chi connectivity index (χ4v) is 2.45. The average Bonchev–Trinajstić information content (AvgIpc) is 2.44. The molecule has 19 heavy (non-hydrogen) atoms. The molecule has 1 unspecified atom stereocenters. The van der Waals surface area contributed by atoms with Gasteiger partial charge < -0.3 is 10.2 Å². The molecule has 0 aromatic heterocycles. The third kappa shape index (κ3) is 2.62. The second-order valence-corrected chi connectivity index (χ2v) is 5.09. The van der Waals surface area contributed by atoms with Gasteiger partial charge in [0, 0.05) is 6.54 Å². The third-order valence-electron chi connectivity index (χ3n) is 3.94. The van der Waals surface area contributed by atoms with E-state index in [4.69, 9.17) is 0 Å². The van der Waals surface area contributed by atoms with Crippen molar-refractivity contribution < 1.29 is 9.59 Å². The van der Waals surface area contributed by atoms with Crippen LogP contribution in [0.15, 0.2) is 30.3 Å². The molecule has 2 amide bonds. The standard InChI is InChI=1S/C15H20N2O2/c1-3-15(2)14(19)16-11-13(18)17(15)10-9-12-7-5-4-6-8-12/h4-8H,3,9-11H2,1-2H3,(H,16,19). The predicted molar refractivity (Wildman–Crippen MR) is 73.6 cm³/mol. The van der Waals surface area contributed by atoms with Crippen LogP contribution >= 0.6 is 0 Å². The molecule has 0 radical (unpaired) electrons. The second-order valence-electron chi connectivity index (χ2n) is 5.09. The van der Waals surface area contributed by atoms with Gasteiger partial charge in [0.25, 0.3) is 0 Å². The van der Waals surface area contributed by atoms with Crippen molar-refractivity contribution in [2.75, 3.05) is 13.1 Å². The van der Waals surface area contributed by atoms with Crippen LogP contribution in [0.2, 0.25) is 0 Å². The van der Waals surface area contributed by atoms with Crippen LogP contribution in [0.5, 0.6) is 0 Å². The molecule has 102 valence electrons. The monoisotopic (exact) mass is 260 g/mol. The molecule has 1 aliphatic heterocycles. The van der Waals surface area contributed by atoms with Crippen molar-refractivity contribution in [1.82, 2.24) is 10.2 Å². The van der Waals surface area contributed by atoms with Crippen LogP contribution in [-0.4, -0.2) is 35.3 Å². The highest BCUT2D eigenvalue weighted by Crippen LogP contribution is 2.23. The van der Waals surface area contributed by atoms with Crippen LogP contribution in [0.3, 0.4) is 0 Å². The van der Waals surface area contributed by atoms with E-state index in [1.165, 1.54) is 5.56 Å². The Hall–Kier alpha value is -1.84. The fourth-order valence-electron chi connectivity index (χ4n) is 2.45.